The molecule has 2 rings (SSSR count). The molecule has 18 heavy (non-hydrogen) atoms. The first-order valence-electron chi connectivity index (χ1n) is 6.23. The number of benzene rings is 1. The average molecular weight is 250 g/mol. The van der Waals surface area contributed by atoms with E-state index < -0.39 is 6.10 Å². The summed E-state index contributed by atoms with van der Waals surface area (Å²) < 4.78 is 10.5. The highest BCUT2D eigenvalue weighted by Gasteiger charge is 2.25. The Morgan fingerprint density at radius 1 is 1.39 bits per heavy atom. The molecular weight excluding hydrogens is 232 g/mol. The Hall–Kier alpha value is -1.39. The van der Waals surface area contributed by atoms with E-state index >= 15 is 0 Å². The van der Waals surface area contributed by atoms with Crippen LogP contribution in [0.5, 0.6) is 0 Å². The first kappa shape index (κ1) is 13.1. The third-order valence-corrected chi connectivity index (χ3v) is 2.93. The molecule has 0 spiro atoms. The Morgan fingerprint density at radius 2 is 2.17 bits per heavy atom. The second-order valence-electron chi connectivity index (χ2n) is 4.54. The highest BCUT2D eigenvalue weighted by Crippen LogP contribution is 2.18. The molecule has 0 aromatic heterocycles. The summed E-state index contributed by atoms with van der Waals surface area (Å²) in [6, 6.07) is 9.81. The molecule has 2 atom stereocenters. The maximum atomic E-state index is 10.9. The predicted molar refractivity (Wildman–Crippen MR) is 65.8 cm³/mol. The van der Waals surface area contributed by atoms with Gasteiger partial charge in [0.2, 0.25) is 0 Å². The molecule has 4 heteroatoms. The van der Waals surface area contributed by atoms with Gasteiger partial charge >= 0.3 is 5.97 Å². The fourth-order valence-corrected chi connectivity index (χ4v) is 2.01. The average Bonchev–Trinajstić information content (AvgIpc) is 2.76. The minimum atomic E-state index is -0.579. The Morgan fingerprint density at radius 3 is 2.83 bits per heavy atom. The summed E-state index contributed by atoms with van der Waals surface area (Å²) in [5.74, 6) is -0.169. The Kier molecular flexibility index (Phi) is 4.73. The second kappa shape index (κ2) is 6.52. The molecule has 1 aliphatic heterocycles. The molecule has 1 aromatic carbocycles. The first-order valence-corrected chi connectivity index (χ1v) is 6.23. The molecule has 1 fully saturated rings. The van der Waals surface area contributed by atoms with E-state index in [1.54, 1.807) is 0 Å². The number of carbonyl (C=O) groups excluding carboxylic acids is 1. The van der Waals surface area contributed by atoms with E-state index in [1.165, 1.54) is 0 Å². The molecule has 1 aromatic rings. The zero-order valence-corrected chi connectivity index (χ0v) is 10.2. The molecule has 4 nitrogen and oxygen atoms in total. The van der Waals surface area contributed by atoms with Crippen molar-refractivity contribution in [2.24, 2.45) is 0 Å². The molecule has 1 N–H and O–H groups in total. The number of aliphatic hydroxyl groups is 1. The van der Waals surface area contributed by atoms with E-state index in [-0.39, 0.29) is 18.7 Å². The van der Waals surface area contributed by atoms with Crippen LogP contribution in [0.2, 0.25) is 0 Å². The van der Waals surface area contributed by atoms with E-state index in [0.717, 1.165) is 5.56 Å². The van der Waals surface area contributed by atoms with Crippen molar-refractivity contribution in [3.63, 3.8) is 0 Å². The van der Waals surface area contributed by atoms with Gasteiger partial charge in [-0.25, -0.2) is 0 Å². The van der Waals surface area contributed by atoms with Crippen LogP contribution in [-0.2, 0) is 20.9 Å². The monoisotopic (exact) mass is 250 g/mol. The van der Waals surface area contributed by atoms with Crippen molar-refractivity contribution in [3.05, 3.63) is 35.9 Å². The van der Waals surface area contributed by atoms with Crippen LogP contribution in [0.3, 0.4) is 0 Å². The largest absolute Gasteiger partial charge is 0.462 e. The van der Waals surface area contributed by atoms with Gasteiger partial charge in [-0.2, -0.15) is 0 Å². The zero-order chi connectivity index (χ0) is 12.8. The summed E-state index contributed by atoms with van der Waals surface area (Å²) in [5.41, 5.74) is 1.08. The van der Waals surface area contributed by atoms with Crippen molar-refractivity contribution in [3.8, 4) is 0 Å². The predicted octanol–water partition coefficient (Wildman–Crippen LogP) is 1.66. The number of hydrogen-bond donors (Lipinski definition) is 1. The lowest BCUT2D eigenvalue weighted by atomic mass is 10.1. The maximum absolute atomic E-state index is 10.9. The van der Waals surface area contributed by atoms with Crippen LogP contribution in [0.4, 0.5) is 0 Å². The van der Waals surface area contributed by atoms with Crippen molar-refractivity contribution in [1.82, 2.24) is 0 Å². The molecule has 0 radical (unpaired) electrons. The molecule has 1 aliphatic rings. The van der Waals surface area contributed by atoms with Gasteiger partial charge in [0.1, 0.15) is 6.10 Å². The van der Waals surface area contributed by atoms with Crippen LogP contribution in [0.15, 0.2) is 30.3 Å². The number of aliphatic hydroxyl groups excluding tert-OH is 1. The van der Waals surface area contributed by atoms with Gasteiger partial charge in [0.25, 0.3) is 0 Å². The standard InChI is InChI=1S/C14H18O4/c15-12(8-13-6-7-14(16)18-13)10-17-9-11-4-2-1-3-5-11/h1-5,12-13,15H,6-10H2/t12-,13-/m1/s1. The van der Waals surface area contributed by atoms with Gasteiger partial charge in [0.15, 0.2) is 0 Å². The minimum absolute atomic E-state index is 0.146. The fourth-order valence-electron chi connectivity index (χ4n) is 2.01. The SMILES string of the molecule is O=C1CC[C@H](C[C@@H](O)COCc2ccccc2)O1. The molecule has 1 heterocycles. The first-order chi connectivity index (χ1) is 8.74. The van der Waals surface area contributed by atoms with Gasteiger partial charge in [-0.3, -0.25) is 4.79 Å². The third kappa shape index (κ3) is 4.13. The van der Waals surface area contributed by atoms with Crippen LogP contribution in [-0.4, -0.2) is 29.9 Å². The van der Waals surface area contributed by atoms with Gasteiger partial charge in [0, 0.05) is 12.8 Å². The molecule has 0 bridgehead atoms. The van der Waals surface area contributed by atoms with Crippen molar-refractivity contribution < 1.29 is 19.4 Å². The van der Waals surface area contributed by atoms with E-state index in [2.05, 4.69) is 0 Å². The number of rotatable bonds is 6. The Balaban J connectivity index is 1.63. The van der Waals surface area contributed by atoms with Crippen LogP contribution in [0.1, 0.15) is 24.8 Å². The summed E-state index contributed by atoms with van der Waals surface area (Å²) in [5, 5.41) is 9.76. The van der Waals surface area contributed by atoms with Crippen molar-refractivity contribution in [2.45, 2.75) is 38.1 Å². The summed E-state index contributed by atoms with van der Waals surface area (Å²) in [6.07, 6.45) is 0.898. The fraction of sp³-hybridized carbons (Fsp3) is 0.500. The number of cyclic esters (lactones) is 1. The van der Waals surface area contributed by atoms with Crippen LogP contribution < -0.4 is 0 Å². The molecule has 0 amide bonds. The van der Waals surface area contributed by atoms with Gasteiger partial charge in [-0.05, 0) is 12.0 Å². The van der Waals surface area contributed by atoms with Crippen molar-refractivity contribution in [1.29, 1.82) is 0 Å². The van der Waals surface area contributed by atoms with E-state index in [1.807, 2.05) is 30.3 Å². The number of carbonyl (C=O) groups is 1. The van der Waals surface area contributed by atoms with Gasteiger partial charge in [0.05, 0.1) is 19.3 Å². The lowest BCUT2D eigenvalue weighted by Gasteiger charge is -2.15. The summed E-state index contributed by atoms with van der Waals surface area (Å²) in [7, 11) is 0. The van der Waals surface area contributed by atoms with E-state index in [9.17, 15) is 9.90 Å². The summed E-state index contributed by atoms with van der Waals surface area (Å²) in [6.45, 7) is 0.755. The summed E-state index contributed by atoms with van der Waals surface area (Å²) >= 11 is 0. The van der Waals surface area contributed by atoms with Crippen molar-refractivity contribution in [2.75, 3.05) is 6.61 Å². The molecule has 0 aliphatic carbocycles. The molecule has 0 unspecified atom stereocenters. The summed E-state index contributed by atoms with van der Waals surface area (Å²) in [4.78, 5) is 10.9. The number of hydrogen-bond acceptors (Lipinski definition) is 4. The smallest absolute Gasteiger partial charge is 0.306 e. The van der Waals surface area contributed by atoms with Crippen LogP contribution in [0, 0.1) is 0 Å². The second-order valence-corrected chi connectivity index (χ2v) is 4.54. The molecular formula is C14H18O4. The highest BCUT2D eigenvalue weighted by molar-refractivity contribution is 5.71. The van der Waals surface area contributed by atoms with Crippen LogP contribution >= 0.6 is 0 Å². The Labute approximate surface area is 107 Å². The molecule has 0 saturated carbocycles. The van der Waals surface area contributed by atoms with Crippen LogP contribution in [0.25, 0.3) is 0 Å². The molecule has 98 valence electrons. The van der Waals surface area contributed by atoms with E-state index in [4.69, 9.17) is 9.47 Å². The number of esters is 1. The lowest BCUT2D eigenvalue weighted by molar-refractivity contribution is -0.142. The highest BCUT2D eigenvalue weighted by atomic mass is 16.5. The quantitative estimate of drug-likeness (QED) is 0.780. The minimum Gasteiger partial charge on any atom is -0.462 e. The van der Waals surface area contributed by atoms with Gasteiger partial charge < -0.3 is 14.6 Å². The van der Waals surface area contributed by atoms with Gasteiger partial charge in [-0.15, -0.1) is 0 Å². The van der Waals surface area contributed by atoms with E-state index in [0.29, 0.717) is 25.9 Å². The zero-order valence-electron chi connectivity index (χ0n) is 10.2. The topological polar surface area (TPSA) is 55.8 Å². The normalized spacial score (nSPS) is 20.7. The third-order valence-electron chi connectivity index (χ3n) is 2.93. The van der Waals surface area contributed by atoms with Gasteiger partial charge in [-0.1, -0.05) is 30.3 Å². The Bertz CT molecular complexity index is 377. The lowest BCUT2D eigenvalue weighted by Crippen LogP contribution is -2.22. The number of ether oxygens (including phenoxy) is 2. The molecule has 1 saturated heterocycles. The maximum Gasteiger partial charge on any atom is 0.306 e. The van der Waals surface area contributed by atoms with Crippen molar-refractivity contribution >= 4 is 5.97 Å².